The van der Waals surface area contributed by atoms with Gasteiger partial charge in [-0.2, -0.15) is 0 Å². The lowest BCUT2D eigenvalue weighted by Gasteiger charge is -2.13. The quantitative estimate of drug-likeness (QED) is 0.791. The largest absolute Gasteiger partial charge is 0.293 e. The van der Waals surface area contributed by atoms with Crippen LogP contribution in [0, 0.1) is 5.92 Å². The summed E-state index contributed by atoms with van der Waals surface area (Å²) in [6, 6.07) is 17.4. The number of ketones is 1. The first kappa shape index (κ1) is 11.6. The van der Waals surface area contributed by atoms with E-state index < -0.39 is 0 Å². The zero-order valence-corrected chi connectivity index (χ0v) is 10.4. The van der Waals surface area contributed by atoms with Crippen LogP contribution < -0.4 is 0 Å². The molecule has 2 nitrogen and oxygen atoms in total. The molecule has 0 bridgehead atoms. The number of benzene rings is 2. The van der Waals surface area contributed by atoms with E-state index in [4.69, 9.17) is 0 Å². The summed E-state index contributed by atoms with van der Waals surface area (Å²) in [7, 11) is 0. The van der Waals surface area contributed by atoms with Gasteiger partial charge in [0, 0.05) is 11.8 Å². The van der Waals surface area contributed by atoms with Crippen molar-refractivity contribution in [1.82, 2.24) is 0 Å². The molecule has 1 heterocycles. The summed E-state index contributed by atoms with van der Waals surface area (Å²) in [5, 5.41) is 0. The van der Waals surface area contributed by atoms with Gasteiger partial charge in [-0.05, 0) is 17.7 Å². The van der Waals surface area contributed by atoms with E-state index in [0.717, 1.165) is 11.3 Å². The summed E-state index contributed by atoms with van der Waals surface area (Å²) in [5.41, 5.74) is 2.55. The number of fused-ring (bicyclic) bond motifs is 1. The van der Waals surface area contributed by atoms with Gasteiger partial charge in [-0.15, -0.1) is 0 Å². The van der Waals surface area contributed by atoms with E-state index in [1.807, 2.05) is 66.7 Å². The highest BCUT2D eigenvalue weighted by molar-refractivity contribution is 6.13. The van der Waals surface area contributed by atoms with Gasteiger partial charge in [-0.25, -0.2) is 0 Å². The zero-order valence-electron chi connectivity index (χ0n) is 10.4. The lowest BCUT2D eigenvalue weighted by atomic mass is 9.94. The molecule has 2 aromatic rings. The van der Waals surface area contributed by atoms with E-state index in [-0.39, 0.29) is 11.7 Å². The minimum absolute atomic E-state index is 0.109. The third-order valence-electron chi connectivity index (χ3n) is 3.14. The molecule has 1 unspecified atom stereocenters. The van der Waals surface area contributed by atoms with Gasteiger partial charge in [0.1, 0.15) is 0 Å². The molecule has 92 valence electrons. The average Bonchev–Trinajstić information content (AvgIpc) is 2.48. The average molecular weight is 247 g/mol. The number of rotatable bonds is 2. The molecule has 0 fully saturated rings. The van der Waals surface area contributed by atoms with Crippen molar-refractivity contribution in [2.75, 3.05) is 0 Å². The Morgan fingerprint density at radius 3 is 2.53 bits per heavy atom. The van der Waals surface area contributed by atoms with E-state index in [2.05, 4.69) is 4.99 Å². The number of nitrogens with zero attached hydrogens (tertiary/aromatic N) is 1. The van der Waals surface area contributed by atoms with Crippen LogP contribution in [0.4, 0.5) is 5.69 Å². The van der Waals surface area contributed by atoms with E-state index >= 15 is 0 Å². The van der Waals surface area contributed by atoms with Gasteiger partial charge >= 0.3 is 0 Å². The van der Waals surface area contributed by atoms with Crippen molar-refractivity contribution >= 4 is 23.8 Å². The Balaban J connectivity index is 1.86. The standard InChI is InChI=1S/C17H13NO/c19-17-14(11-10-13-6-2-1-3-7-13)12-18-16-9-5-4-8-15(16)17/h1-12,14H. The highest BCUT2D eigenvalue weighted by Crippen LogP contribution is 2.26. The van der Waals surface area contributed by atoms with Crippen molar-refractivity contribution in [2.24, 2.45) is 10.9 Å². The lowest BCUT2D eigenvalue weighted by Crippen LogP contribution is -2.17. The van der Waals surface area contributed by atoms with Crippen molar-refractivity contribution in [3.8, 4) is 0 Å². The van der Waals surface area contributed by atoms with Crippen LogP contribution >= 0.6 is 0 Å². The first-order valence-corrected chi connectivity index (χ1v) is 6.25. The Hall–Kier alpha value is -2.48. The second-order valence-electron chi connectivity index (χ2n) is 4.46. The molecule has 2 aromatic carbocycles. The molecule has 19 heavy (non-hydrogen) atoms. The molecule has 0 aliphatic carbocycles. The number of aliphatic imine (C=N–C) groups is 1. The third-order valence-corrected chi connectivity index (χ3v) is 3.14. The van der Waals surface area contributed by atoms with Crippen molar-refractivity contribution < 1.29 is 4.79 Å². The number of hydrogen-bond acceptors (Lipinski definition) is 2. The predicted octanol–water partition coefficient (Wildman–Crippen LogP) is 3.91. The molecule has 0 saturated carbocycles. The molecule has 1 atom stereocenters. The first-order chi connectivity index (χ1) is 9.34. The number of allylic oxidation sites excluding steroid dienone is 1. The highest BCUT2D eigenvalue weighted by Gasteiger charge is 2.21. The van der Waals surface area contributed by atoms with Gasteiger partial charge in [-0.3, -0.25) is 9.79 Å². The van der Waals surface area contributed by atoms with Gasteiger partial charge in [0.15, 0.2) is 5.78 Å². The molecule has 0 radical (unpaired) electrons. The first-order valence-electron chi connectivity index (χ1n) is 6.25. The maximum atomic E-state index is 12.3. The Bertz CT molecular complexity index is 656. The van der Waals surface area contributed by atoms with Crippen LogP contribution in [0.25, 0.3) is 6.08 Å². The van der Waals surface area contributed by atoms with Gasteiger partial charge in [0.2, 0.25) is 0 Å². The molecule has 3 rings (SSSR count). The fourth-order valence-electron chi connectivity index (χ4n) is 2.12. The zero-order chi connectivity index (χ0) is 13.1. The Labute approximate surface area is 112 Å². The smallest absolute Gasteiger partial charge is 0.177 e. The number of para-hydroxylation sites is 1. The number of Topliss-reactive ketones (excluding diaryl/α,β-unsaturated/α-hetero) is 1. The summed E-state index contributed by atoms with van der Waals surface area (Å²) in [6.45, 7) is 0. The Kier molecular flexibility index (Phi) is 3.07. The highest BCUT2D eigenvalue weighted by atomic mass is 16.1. The third kappa shape index (κ3) is 2.38. The van der Waals surface area contributed by atoms with Crippen LogP contribution in [0.2, 0.25) is 0 Å². The molecule has 0 amide bonds. The van der Waals surface area contributed by atoms with Crippen LogP contribution in [-0.2, 0) is 0 Å². The molecule has 0 saturated heterocycles. The summed E-state index contributed by atoms with van der Waals surface area (Å²) in [4.78, 5) is 16.6. The maximum Gasteiger partial charge on any atom is 0.177 e. The van der Waals surface area contributed by atoms with Crippen molar-refractivity contribution in [1.29, 1.82) is 0 Å². The number of carbonyl (C=O) groups is 1. The summed E-state index contributed by atoms with van der Waals surface area (Å²) >= 11 is 0. The van der Waals surface area contributed by atoms with Crippen LogP contribution in [0.5, 0.6) is 0 Å². The SMILES string of the molecule is O=C1c2ccccc2N=CC1C=Cc1ccccc1. The molecule has 1 aliphatic heterocycles. The minimum atomic E-state index is -0.268. The Morgan fingerprint density at radius 1 is 0.947 bits per heavy atom. The van der Waals surface area contributed by atoms with E-state index in [0.29, 0.717) is 5.56 Å². The van der Waals surface area contributed by atoms with Gasteiger partial charge in [-0.1, -0.05) is 54.6 Å². The van der Waals surface area contributed by atoms with Gasteiger partial charge in [0.05, 0.1) is 11.6 Å². The topological polar surface area (TPSA) is 29.4 Å². The fraction of sp³-hybridized carbons (Fsp3) is 0.0588. The minimum Gasteiger partial charge on any atom is -0.293 e. The fourth-order valence-corrected chi connectivity index (χ4v) is 2.12. The number of carbonyl (C=O) groups excluding carboxylic acids is 1. The molecule has 0 N–H and O–H groups in total. The summed E-state index contributed by atoms with van der Waals surface area (Å²) in [5.74, 6) is -0.159. The second kappa shape index (κ2) is 5.02. The number of hydrogen-bond donors (Lipinski definition) is 0. The molecule has 0 aromatic heterocycles. The molecular formula is C17H13NO. The molecule has 2 heteroatoms. The molecular weight excluding hydrogens is 234 g/mol. The van der Waals surface area contributed by atoms with Crippen molar-refractivity contribution in [3.05, 3.63) is 71.8 Å². The van der Waals surface area contributed by atoms with E-state index in [1.54, 1.807) is 6.21 Å². The van der Waals surface area contributed by atoms with E-state index in [9.17, 15) is 4.79 Å². The van der Waals surface area contributed by atoms with E-state index in [1.165, 1.54) is 0 Å². The maximum absolute atomic E-state index is 12.3. The van der Waals surface area contributed by atoms with Crippen LogP contribution in [0.15, 0.2) is 65.7 Å². The summed E-state index contributed by atoms with van der Waals surface area (Å²) < 4.78 is 0. The summed E-state index contributed by atoms with van der Waals surface area (Å²) in [6.07, 6.45) is 5.57. The Morgan fingerprint density at radius 2 is 1.68 bits per heavy atom. The van der Waals surface area contributed by atoms with Crippen molar-refractivity contribution in [3.63, 3.8) is 0 Å². The molecule has 0 spiro atoms. The normalized spacial score (nSPS) is 17.7. The van der Waals surface area contributed by atoms with Crippen LogP contribution in [0.1, 0.15) is 15.9 Å². The molecule has 1 aliphatic rings. The van der Waals surface area contributed by atoms with Crippen molar-refractivity contribution in [2.45, 2.75) is 0 Å². The van der Waals surface area contributed by atoms with Gasteiger partial charge in [0.25, 0.3) is 0 Å². The monoisotopic (exact) mass is 247 g/mol. The van der Waals surface area contributed by atoms with Gasteiger partial charge < -0.3 is 0 Å². The van der Waals surface area contributed by atoms with Crippen LogP contribution in [-0.4, -0.2) is 12.0 Å². The second-order valence-corrected chi connectivity index (χ2v) is 4.46. The van der Waals surface area contributed by atoms with Crippen LogP contribution in [0.3, 0.4) is 0 Å². The predicted molar refractivity (Wildman–Crippen MR) is 77.9 cm³/mol. The lowest BCUT2D eigenvalue weighted by molar-refractivity contribution is 0.0973.